The summed E-state index contributed by atoms with van der Waals surface area (Å²) in [4.78, 5) is 22.5. The SMILES string of the molecule is O=C(COc1ccc(F)cc1)Nc1ccc(S(=O)(=O)N2CCN(c3cnccn3)CC2)cc1. The Bertz CT molecular complexity index is 1180. The predicted octanol–water partition coefficient (Wildman–Crippen LogP) is 2.14. The smallest absolute Gasteiger partial charge is 0.262 e. The topological polar surface area (TPSA) is 105 Å². The van der Waals surface area contributed by atoms with Crippen molar-refractivity contribution in [2.45, 2.75) is 4.90 Å². The zero-order valence-corrected chi connectivity index (χ0v) is 18.4. The van der Waals surface area contributed by atoms with E-state index in [2.05, 4.69) is 15.3 Å². The second-order valence-electron chi connectivity index (χ2n) is 7.27. The van der Waals surface area contributed by atoms with Crippen LogP contribution in [0.5, 0.6) is 5.75 Å². The van der Waals surface area contributed by atoms with Crippen molar-refractivity contribution in [2.75, 3.05) is 43.0 Å². The lowest BCUT2D eigenvalue weighted by molar-refractivity contribution is -0.118. The molecule has 0 saturated carbocycles. The Morgan fingerprint density at radius 3 is 2.33 bits per heavy atom. The fourth-order valence-corrected chi connectivity index (χ4v) is 4.77. The number of rotatable bonds is 7. The van der Waals surface area contributed by atoms with Crippen LogP contribution in [0.25, 0.3) is 0 Å². The second-order valence-corrected chi connectivity index (χ2v) is 9.21. The highest BCUT2D eigenvalue weighted by Gasteiger charge is 2.29. The van der Waals surface area contributed by atoms with E-state index in [-0.39, 0.29) is 11.5 Å². The summed E-state index contributed by atoms with van der Waals surface area (Å²) >= 11 is 0. The molecule has 0 aliphatic carbocycles. The van der Waals surface area contributed by atoms with Gasteiger partial charge >= 0.3 is 0 Å². The van der Waals surface area contributed by atoms with E-state index in [4.69, 9.17) is 4.74 Å². The lowest BCUT2D eigenvalue weighted by Crippen LogP contribution is -2.48. The molecule has 1 N–H and O–H groups in total. The number of ether oxygens (including phenoxy) is 1. The maximum Gasteiger partial charge on any atom is 0.262 e. The van der Waals surface area contributed by atoms with Crippen LogP contribution in [0.4, 0.5) is 15.9 Å². The molecule has 0 spiro atoms. The van der Waals surface area contributed by atoms with Gasteiger partial charge in [0.2, 0.25) is 10.0 Å². The monoisotopic (exact) mass is 471 g/mol. The number of hydrogen-bond donors (Lipinski definition) is 1. The van der Waals surface area contributed by atoms with Gasteiger partial charge in [0.25, 0.3) is 5.91 Å². The molecule has 0 atom stereocenters. The molecule has 3 aromatic rings. The molecule has 1 amide bonds. The first-order valence-electron chi connectivity index (χ1n) is 10.2. The molecule has 1 fully saturated rings. The van der Waals surface area contributed by atoms with Crippen LogP contribution in [0.1, 0.15) is 0 Å². The minimum Gasteiger partial charge on any atom is -0.484 e. The van der Waals surface area contributed by atoms with Crippen LogP contribution >= 0.6 is 0 Å². The van der Waals surface area contributed by atoms with Crippen molar-refractivity contribution in [3.8, 4) is 5.75 Å². The van der Waals surface area contributed by atoms with Crippen molar-refractivity contribution < 1.29 is 22.3 Å². The van der Waals surface area contributed by atoms with Crippen LogP contribution in [0, 0.1) is 5.82 Å². The molecule has 0 radical (unpaired) electrons. The van der Waals surface area contributed by atoms with Crippen molar-refractivity contribution in [3.63, 3.8) is 0 Å². The average molecular weight is 472 g/mol. The van der Waals surface area contributed by atoms with E-state index >= 15 is 0 Å². The van der Waals surface area contributed by atoms with Gasteiger partial charge in [-0.1, -0.05) is 0 Å². The van der Waals surface area contributed by atoms with Crippen LogP contribution in [0.2, 0.25) is 0 Å². The molecule has 2 aromatic carbocycles. The summed E-state index contributed by atoms with van der Waals surface area (Å²) in [6.45, 7) is 1.43. The third kappa shape index (κ3) is 5.62. The molecular weight excluding hydrogens is 449 g/mol. The summed E-state index contributed by atoms with van der Waals surface area (Å²) in [5, 5.41) is 2.64. The number of nitrogens with zero attached hydrogens (tertiary/aromatic N) is 4. The fraction of sp³-hybridized carbons (Fsp3) is 0.227. The van der Waals surface area contributed by atoms with E-state index in [1.54, 1.807) is 18.6 Å². The summed E-state index contributed by atoms with van der Waals surface area (Å²) in [6, 6.07) is 11.3. The molecule has 172 valence electrons. The Kier molecular flexibility index (Phi) is 6.80. The molecule has 0 bridgehead atoms. The van der Waals surface area contributed by atoms with Crippen molar-refractivity contribution in [3.05, 3.63) is 72.9 Å². The van der Waals surface area contributed by atoms with Gasteiger partial charge in [-0.25, -0.2) is 17.8 Å². The number of nitrogens with one attached hydrogen (secondary N) is 1. The number of carbonyl (C=O) groups is 1. The summed E-state index contributed by atoms with van der Waals surface area (Å²) in [6.07, 6.45) is 4.85. The fourth-order valence-electron chi connectivity index (χ4n) is 3.35. The number of hydrogen-bond acceptors (Lipinski definition) is 7. The number of halogens is 1. The Morgan fingerprint density at radius 2 is 1.70 bits per heavy atom. The molecule has 1 aliphatic heterocycles. The van der Waals surface area contributed by atoms with E-state index in [9.17, 15) is 17.6 Å². The minimum absolute atomic E-state index is 0.149. The predicted molar refractivity (Wildman–Crippen MR) is 120 cm³/mol. The average Bonchev–Trinajstić information content (AvgIpc) is 2.85. The van der Waals surface area contributed by atoms with Gasteiger partial charge in [0.1, 0.15) is 17.4 Å². The Morgan fingerprint density at radius 1 is 1.00 bits per heavy atom. The number of anilines is 2. The van der Waals surface area contributed by atoms with Gasteiger partial charge in [-0.3, -0.25) is 9.78 Å². The van der Waals surface area contributed by atoms with E-state index in [1.165, 1.54) is 52.8 Å². The standard InChI is InChI=1S/C22H22FN5O4S/c23-17-1-5-19(6-2-17)32-16-22(29)26-18-3-7-20(8-4-18)33(30,31)28-13-11-27(12-14-28)21-15-24-9-10-25-21/h1-10,15H,11-14,16H2,(H,26,29). The van der Waals surface area contributed by atoms with E-state index in [0.29, 0.717) is 37.6 Å². The third-order valence-electron chi connectivity index (χ3n) is 5.07. The van der Waals surface area contributed by atoms with Gasteiger partial charge < -0.3 is 15.0 Å². The van der Waals surface area contributed by atoms with E-state index in [0.717, 1.165) is 5.82 Å². The highest BCUT2D eigenvalue weighted by Crippen LogP contribution is 2.21. The number of amides is 1. The number of benzene rings is 2. The molecule has 4 rings (SSSR count). The van der Waals surface area contributed by atoms with Crippen LogP contribution in [-0.4, -0.2) is 61.4 Å². The van der Waals surface area contributed by atoms with Crippen molar-refractivity contribution in [1.82, 2.24) is 14.3 Å². The van der Waals surface area contributed by atoms with Crippen LogP contribution in [-0.2, 0) is 14.8 Å². The van der Waals surface area contributed by atoms with Crippen LogP contribution in [0.15, 0.2) is 72.0 Å². The van der Waals surface area contributed by atoms with E-state index in [1.807, 2.05) is 4.90 Å². The molecule has 2 heterocycles. The molecule has 33 heavy (non-hydrogen) atoms. The maximum atomic E-state index is 13.0. The molecule has 1 aromatic heterocycles. The van der Waals surface area contributed by atoms with Gasteiger partial charge in [0.15, 0.2) is 6.61 Å². The number of aromatic nitrogens is 2. The Balaban J connectivity index is 1.31. The Hall–Kier alpha value is -3.57. The summed E-state index contributed by atoms with van der Waals surface area (Å²) in [5.74, 6) is 0.273. The van der Waals surface area contributed by atoms with Gasteiger partial charge in [0.05, 0.1) is 11.1 Å². The van der Waals surface area contributed by atoms with Gasteiger partial charge in [-0.05, 0) is 48.5 Å². The quantitative estimate of drug-likeness (QED) is 0.563. The van der Waals surface area contributed by atoms with Crippen molar-refractivity contribution >= 4 is 27.4 Å². The Labute approximate surface area is 190 Å². The minimum atomic E-state index is -3.66. The molecule has 1 saturated heterocycles. The summed E-state index contributed by atoms with van der Waals surface area (Å²) in [7, 11) is -3.66. The van der Waals surface area contributed by atoms with E-state index < -0.39 is 21.7 Å². The van der Waals surface area contributed by atoms with Crippen molar-refractivity contribution in [1.29, 1.82) is 0 Å². The van der Waals surface area contributed by atoms with Gasteiger partial charge in [-0.2, -0.15) is 4.31 Å². The first-order chi connectivity index (χ1) is 15.9. The highest BCUT2D eigenvalue weighted by molar-refractivity contribution is 7.89. The number of carbonyl (C=O) groups excluding carboxylic acids is 1. The molecule has 0 unspecified atom stereocenters. The summed E-state index contributed by atoms with van der Waals surface area (Å²) < 4.78 is 45.6. The lowest BCUT2D eigenvalue weighted by Gasteiger charge is -2.34. The molecular formula is C22H22FN5O4S. The lowest BCUT2D eigenvalue weighted by atomic mass is 10.3. The third-order valence-corrected chi connectivity index (χ3v) is 6.98. The normalized spacial score (nSPS) is 14.6. The summed E-state index contributed by atoms with van der Waals surface area (Å²) in [5.41, 5.74) is 0.439. The molecule has 11 heteroatoms. The van der Waals surface area contributed by atoms with Crippen molar-refractivity contribution in [2.24, 2.45) is 0 Å². The number of piperazine rings is 1. The first-order valence-corrected chi connectivity index (χ1v) is 11.7. The maximum absolute atomic E-state index is 13.0. The highest BCUT2D eigenvalue weighted by atomic mass is 32.2. The van der Waals surface area contributed by atoms with Gasteiger partial charge in [0, 0.05) is 44.3 Å². The van der Waals surface area contributed by atoms with Gasteiger partial charge in [-0.15, -0.1) is 0 Å². The zero-order valence-electron chi connectivity index (χ0n) is 17.6. The van der Waals surface area contributed by atoms with Crippen LogP contribution < -0.4 is 15.0 Å². The first kappa shape index (κ1) is 22.6. The second kappa shape index (κ2) is 9.92. The molecule has 9 nitrogen and oxygen atoms in total. The molecule has 1 aliphatic rings. The zero-order chi connectivity index (χ0) is 23.3. The number of sulfonamides is 1. The largest absolute Gasteiger partial charge is 0.484 e. The van der Waals surface area contributed by atoms with Crippen LogP contribution in [0.3, 0.4) is 0 Å².